The predicted octanol–water partition coefficient (Wildman–Crippen LogP) is 2.03. The number of cyclic esters (lactones) is 1. The van der Waals surface area contributed by atoms with Gasteiger partial charge < -0.3 is 15.4 Å². The average Bonchev–Trinajstić information content (AvgIpc) is 2.28. The lowest BCUT2D eigenvalue weighted by Gasteiger charge is -2.20. The first-order valence-corrected chi connectivity index (χ1v) is 5.68. The molecular weight excluding hydrogens is 232 g/mol. The molecule has 2 N–H and O–H groups in total. The van der Waals surface area contributed by atoms with Gasteiger partial charge in [-0.1, -0.05) is 18.2 Å². The fourth-order valence-corrected chi connectivity index (χ4v) is 1.70. The van der Waals surface area contributed by atoms with E-state index in [0.717, 1.165) is 0 Å². The summed E-state index contributed by atoms with van der Waals surface area (Å²) in [7, 11) is 0. The summed E-state index contributed by atoms with van der Waals surface area (Å²) in [5.74, 6) is -0.427. The Balaban J connectivity index is 1.94. The van der Waals surface area contributed by atoms with Gasteiger partial charge in [0.15, 0.2) is 0 Å². The molecule has 5 heteroatoms. The molecule has 0 fully saturated rings. The van der Waals surface area contributed by atoms with Gasteiger partial charge in [0.2, 0.25) is 0 Å². The topological polar surface area (TPSA) is 67.4 Å². The monoisotopic (exact) mass is 246 g/mol. The smallest absolute Gasteiger partial charge is 0.332 e. The molecule has 1 aromatic rings. The zero-order valence-corrected chi connectivity index (χ0v) is 9.97. The zero-order valence-electron chi connectivity index (χ0n) is 9.97. The maximum atomic E-state index is 11.7. The normalized spacial score (nSPS) is 18.6. The molecule has 1 aliphatic heterocycles. The zero-order chi connectivity index (χ0) is 13.0. The summed E-state index contributed by atoms with van der Waals surface area (Å²) in [6.07, 6.45) is 1.59. The highest BCUT2D eigenvalue weighted by molar-refractivity contribution is 5.92. The lowest BCUT2D eigenvalue weighted by molar-refractivity contribution is -0.143. The molecule has 1 aliphatic rings. The van der Waals surface area contributed by atoms with Crippen LogP contribution in [0.5, 0.6) is 0 Å². The molecule has 1 atom stereocenters. The van der Waals surface area contributed by atoms with E-state index in [1.807, 2.05) is 18.2 Å². The molecule has 1 unspecified atom stereocenters. The van der Waals surface area contributed by atoms with Crippen molar-refractivity contribution in [3.8, 4) is 0 Å². The van der Waals surface area contributed by atoms with Crippen molar-refractivity contribution >= 4 is 17.7 Å². The van der Waals surface area contributed by atoms with E-state index in [9.17, 15) is 9.59 Å². The van der Waals surface area contributed by atoms with Gasteiger partial charge in [0.1, 0.15) is 6.10 Å². The third kappa shape index (κ3) is 3.35. The van der Waals surface area contributed by atoms with E-state index in [-0.39, 0.29) is 12.1 Å². The van der Waals surface area contributed by atoms with E-state index < -0.39 is 5.97 Å². The van der Waals surface area contributed by atoms with Crippen molar-refractivity contribution in [2.75, 3.05) is 5.32 Å². The third-order valence-corrected chi connectivity index (χ3v) is 2.42. The summed E-state index contributed by atoms with van der Waals surface area (Å²) in [5, 5.41) is 5.31. The molecule has 0 bridgehead atoms. The lowest BCUT2D eigenvalue weighted by Crippen LogP contribution is -2.33. The van der Waals surface area contributed by atoms with Crippen LogP contribution in [0.3, 0.4) is 0 Å². The van der Waals surface area contributed by atoms with Gasteiger partial charge in [-0.05, 0) is 19.1 Å². The van der Waals surface area contributed by atoms with Gasteiger partial charge in [0.05, 0.1) is 0 Å². The number of ether oxygens (including phenoxy) is 1. The van der Waals surface area contributed by atoms with Gasteiger partial charge in [-0.15, -0.1) is 0 Å². The fraction of sp³-hybridized carbons (Fsp3) is 0.231. The maximum Gasteiger partial charge on any atom is 0.332 e. The Morgan fingerprint density at radius 2 is 2.00 bits per heavy atom. The van der Waals surface area contributed by atoms with E-state index in [4.69, 9.17) is 4.74 Å². The number of esters is 1. The van der Waals surface area contributed by atoms with Gasteiger partial charge in [-0.2, -0.15) is 0 Å². The minimum absolute atomic E-state index is 0.213. The van der Waals surface area contributed by atoms with Crippen molar-refractivity contribution in [1.82, 2.24) is 5.32 Å². The van der Waals surface area contributed by atoms with Crippen molar-refractivity contribution in [2.45, 2.75) is 19.4 Å². The number of hydrogen-bond acceptors (Lipinski definition) is 3. The molecule has 2 amide bonds. The van der Waals surface area contributed by atoms with Gasteiger partial charge in [0, 0.05) is 23.9 Å². The van der Waals surface area contributed by atoms with Gasteiger partial charge in [0.25, 0.3) is 0 Å². The molecule has 0 radical (unpaired) electrons. The Morgan fingerprint density at radius 3 is 2.67 bits per heavy atom. The number of urea groups is 1. The Bertz CT molecular complexity index is 482. The molecule has 2 rings (SSSR count). The Labute approximate surface area is 105 Å². The Hall–Kier alpha value is -2.30. The highest BCUT2D eigenvalue weighted by atomic mass is 16.5. The number of benzene rings is 1. The largest absolute Gasteiger partial charge is 0.459 e. The predicted molar refractivity (Wildman–Crippen MR) is 66.9 cm³/mol. The minimum atomic E-state index is -0.427. The van der Waals surface area contributed by atoms with Crippen LogP contribution >= 0.6 is 0 Å². The van der Waals surface area contributed by atoms with Gasteiger partial charge in [-0.3, -0.25) is 0 Å². The summed E-state index contributed by atoms with van der Waals surface area (Å²) in [4.78, 5) is 22.8. The molecule has 0 aromatic heterocycles. The minimum Gasteiger partial charge on any atom is -0.459 e. The number of anilines is 1. The highest BCUT2D eigenvalue weighted by Crippen LogP contribution is 2.13. The molecule has 1 heterocycles. The van der Waals surface area contributed by atoms with E-state index in [2.05, 4.69) is 10.6 Å². The van der Waals surface area contributed by atoms with Crippen molar-refractivity contribution in [2.24, 2.45) is 0 Å². The lowest BCUT2D eigenvalue weighted by atomic mass is 10.1. The maximum absolute atomic E-state index is 11.7. The standard InChI is InChI=1S/C13H14N2O3/c1-9-7-11(8-12(16)18-9)15-13(17)14-10-5-3-2-4-6-10/h2-6,8-9H,7H2,1H3,(H2,14,15,17). The molecule has 0 spiro atoms. The molecule has 0 saturated heterocycles. The van der Waals surface area contributed by atoms with Gasteiger partial charge >= 0.3 is 12.0 Å². The van der Waals surface area contributed by atoms with Crippen LogP contribution in [-0.4, -0.2) is 18.1 Å². The molecular formula is C13H14N2O3. The van der Waals surface area contributed by atoms with E-state index in [1.165, 1.54) is 6.08 Å². The van der Waals surface area contributed by atoms with Crippen LogP contribution in [0.4, 0.5) is 10.5 Å². The average molecular weight is 246 g/mol. The number of nitrogens with one attached hydrogen (secondary N) is 2. The second-order valence-corrected chi connectivity index (χ2v) is 4.07. The molecule has 1 aromatic carbocycles. The summed E-state index contributed by atoms with van der Waals surface area (Å²) in [6, 6.07) is 8.72. The SMILES string of the molecule is CC1CC(NC(=O)Nc2ccccc2)=CC(=O)O1. The highest BCUT2D eigenvalue weighted by Gasteiger charge is 2.18. The van der Waals surface area contributed by atoms with E-state index in [1.54, 1.807) is 19.1 Å². The summed E-state index contributed by atoms with van der Waals surface area (Å²) in [6.45, 7) is 1.78. The first-order valence-electron chi connectivity index (χ1n) is 5.68. The van der Waals surface area contributed by atoms with Crippen LogP contribution in [0.1, 0.15) is 13.3 Å². The molecule has 94 valence electrons. The van der Waals surface area contributed by atoms with Crippen LogP contribution in [0.2, 0.25) is 0 Å². The molecule has 0 aliphatic carbocycles. The Morgan fingerprint density at radius 1 is 1.28 bits per heavy atom. The second kappa shape index (κ2) is 5.35. The quantitative estimate of drug-likeness (QED) is 0.784. The van der Waals surface area contributed by atoms with Crippen LogP contribution in [0, 0.1) is 0 Å². The van der Waals surface area contributed by atoms with Crippen LogP contribution in [0.15, 0.2) is 42.1 Å². The second-order valence-electron chi connectivity index (χ2n) is 4.07. The van der Waals surface area contributed by atoms with Crippen LogP contribution in [-0.2, 0) is 9.53 Å². The number of para-hydroxylation sites is 1. The van der Waals surface area contributed by atoms with Crippen molar-refractivity contribution < 1.29 is 14.3 Å². The molecule has 18 heavy (non-hydrogen) atoms. The first-order chi connectivity index (χ1) is 8.63. The Kier molecular flexibility index (Phi) is 3.62. The third-order valence-electron chi connectivity index (χ3n) is 2.42. The number of carbonyl (C=O) groups excluding carboxylic acids is 2. The van der Waals surface area contributed by atoms with Crippen molar-refractivity contribution in [1.29, 1.82) is 0 Å². The number of amides is 2. The van der Waals surface area contributed by atoms with Crippen molar-refractivity contribution in [3.05, 3.63) is 42.1 Å². The molecule has 0 saturated carbocycles. The number of carbonyl (C=O) groups is 2. The van der Waals surface area contributed by atoms with E-state index in [0.29, 0.717) is 17.8 Å². The summed E-state index contributed by atoms with van der Waals surface area (Å²) < 4.78 is 4.93. The number of hydrogen-bond donors (Lipinski definition) is 2. The van der Waals surface area contributed by atoms with Crippen LogP contribution in [0.25, 0.3) is 0 Å². The van der Waals surface area contributed by atoms with E-state index >= 15 is 0 Å². The summed E-state index contributed by atoms with van der Waals surface area (Å²) >= 11 is 0. The van der Waals surface area contributed by atoms with Crippen molar-refractivity contribution in [3.63, 3.8) is 0 Å². The van der Waals surface area contributed by atoms with Crippen LogP contribution < -0.4 is 10.6 Å². The van der Waals surface area contributed by atoms with Gasteiger partial charge in [-0.25, -0.2) is 9.59 Å². The summed E-state index contributed by atoms with van der Waals surface area (Å²) in [5.41, 5.74) is 1.26. The molecule has 5 nitrogen and oxygen atoms in total. The fourth-order valence-electron chi connectivity index (χ4n) is 1.70. The first kappa shape index (κ1) is 12.2. The number of rotatable bonds is 2.